The fraction of sp³-hybridized carbons (Fsp3) is 0.455. The van der Waals surface area contributed by atoms with Crippen molar-refractivity contribution in [2.75, 3.05) is 17.3 Å². The van der Waals surface area contributed by atoms with Crippen molar-refractivity contribution in [3.05, 3.63) is 23.3 Å². The maximum Gasteiger partial charge on any atom is 0.105 e. The zero-order chi connectivity index (χ0) is 12.3. The molecule has 0 saturated heterocycles. The molecule has 16 heavy (non-hydrogen) atoms. The molecule has 90 valence electrons. The second kappa shape index (κ2) is 5.39. The lowest BCUT2D eigenvalue weighted by atomic mass is 9.99. The third-order valence-corrected chi connectivity index (χ3v) is 2.77. The van der Waals surface area contributed by atoms with Gasteiger partial charge >= 0.3 is 0 Å². The number of aliphatic hydroxyl groups excluding tert-OH is 2. The van der Waals surface area contributed by atoms with Gasteiger partial charge in [-0.15, -0.1) is 11.6 Å². The number of nitrogens with two attached hydrogens (primary N) is 2. The number of anilines is 2. The van der Waals surface area contributed by atoms with Gasteiger partial charge in [-0.25, -0.2) is 0 Å². The summed E-state index contributed by atoms with van der Waals surface area (Å²) in [6, 6.07) is 3.29. The molecule has 2 atom stereocenters. The van der Waals surface area contributed by atoms with Crippen molar-refractivity contribution in [3.63, 3.8) is 0 Å². The van der Waals surface area contributed by atoms with Crippen LogP contribution >= 0.6 is 11.6 Å². The number of nitrogen functional groups attached to an aromatic ring is 2. The van der Waals surface area contributed by atoms with E-state index in [1.165, 1.54) is 0 Å². The Morgan fingerprint density at radius 2 is 1.94 bits per heavy atom. The highest BCUT2D eigenvalue weighted by Crippen LogP contribution is 2.27. The molecular weight excluding hydrogens is 228 g/mol. The molecule has 0 spiro atoms. The monoisotopic (exact) mass is 244 g/mol. The number of benzene rings is 1. The van der Waals surface area contributed by atoms with Crippen LogP contribution in [0, 0.1) is 6.92 Å². The summed E-state index contributed by atoms with van der Waals surface area (Å²) in [7, 11) is 0. The molecule has 1 aromatic carbocycles. The van der Waals surface area contributed by atoms with Gasteiger partial charge in [-0.1, -0.05) is 6.07 Å². The Hall–Kier alpha value is -0.970. The first-order valence-corrected chi connectivity index (χ1v) is 5.58. The number of halogens is 1. The first-order chi connectivity index (χ1) is 7.47. The van der Waals surface area contributed by atoms with Crippen molar-refractivity contribution in [1.29, 1.82) is 0 Å². The summed E-state index contributed by atoms with van der Waals surface area (Å²) in [5.74, 6) is 0.293. The van der Waals surface area contributed by atoms with Crippen molar-refractivity contribution < 1.29 is 10.2 Å². The first-order valence-electron chi connectivity index (χ1n) is 5.05. The number of aryl methyl sites for hydroxylation is 1. The Morgan fingerprint density at radius 1 is 1.31 bits per heavy atom. The summed E-state index contributed by atoms with van der Waals surface area (Å²) in [5.41, 5.74) is 13.6. The van der Waals surface area contributed by atoms with Gasteiger partial charge in [0.05, 0.1) is 17.5 Å². The second-order valence-corrected chi connectivity index (χ2v) is 4.21. The van der Waals surface area contributed by atoms with Gasteiger partial charge in [-0.2, -0.15) is 0 Å². The summed E-state index contributed by atoms with van der Waals surface area (Å²) < 4.78 is 0. The van der Waals surface area contributed by atoms with Gasteiger partial charge in [0, 0.05) is 5.88 Å². The average molecular weight is 245 g/mol. The standard InChI is InChI=1S/C11H17ClN2O2/c1-6-4-7(5-8(13)10(6)14)11(16)9(15)2-3-12/h4-5,9,11,15-16H,2-3,13-14H2,1H3. The van der Waals surface area contributed by atoms with Crippen LogP contribution in [0.2, 0.25) is 0 Å². The fourth-order valence-corrected chi connectivity index (χ4v) is 1.74. The molecule has 4 nitrogen and oxygen atoms in total. The summed E-state index contributed by atoms with van der Waals surface area (Å²) in [6.45, 7) is 1.80. The summed E-state index contributed by atoms with van der Waals surface area (Å²) in [6.07, 6.45) is -1.55. The van der Waals surface area contributed by atoms with E-state index in [4.69, 9.17) is 23.1 Å². The number of rotatable bonds is 4. The van der Waals surface area contributed by atoms with Crippen LogP contribution in [0.3, 0.4) is 0 Å². The summed E-state index contributed by atoms with van der Waals surface area (Å²) in [4.78, 5) is 0. The lowest BCUT2D eigenvalue weighted by Gasteiger charge is -2.19. The van der Waals surface area contributed by atoms with Crippen LogP contribution in [0.15, 0.2) is 12.1 Å². The second-order valence-electron chi connectivity index (χ2n) is 3.83. The highest BCUT2D eigenvalue weighted by atomic mass is 35.5. The maximum absolute atomic E-state index is 9.85. The third-order valence-electron chi connectivity index (χ3n) is 2.55. The van der Waals surface area contributed by atoms with Crippen molar-refractivity contribution in [2.24, 2.45) is 0 Å². The molecule has 1 aromatic rings. The predicted octanol–water partition coefficient (Wildman–Crippen LogP) is 1.18. The SMILES string of the molecule is Cc1cc(C(O)C(O)CCCl)cc(N)c1N. The van der Waals surface area contributed by atoms with E-state index in [1.54, 1.807) is 19.1 Å². The third kappa shape index (κ3) is 2.78. The van der Waals surface area contributed by atoms with Gasteiger partial charge < -0.3 is 21.7 Å². The molecule has 0 radical (unpaired) electrons. The molecule has 6 N–H and O–H groups in total. The molecule has 0 heterocycles. The lowest BCUT2D eigenvalue weighted by molar-refractivity contribution is 0.0170. The van der Waals surface area contributed by atoms with Gasteiger partial charge in [0.2, 0.25) is 0 Å². The van der Waals surface area contributed by atoms with Crippen LogP contribution in [-0.4, -0.2) is 22.2 Å². The van der Waals surface area contributed by atoms with Gasteiger partial charge in [0.1, 0.15) is 6.10 Å². The van der Waals surface area contributed by atoms with E-state index in [0.717, 1.165) is 5.56 Å². The molecule has 0 aliphatic rings. The van der Waals surface area contributed by atoms with E-state index >= 15 is 0 Å². The van der Waals surface area contributed by atoms with E-state index in [0.29, 0.717) is 29.2 Å². The number of aliphatic hydroxyl groups is 2. The molecule has 2 unspecified atom stereocenters. The van der Waals surface area contributed by atoms with Crippen LogP contribution in [0.1, 0.15) is 23.7 Å². The molecular formula is C11H17ClN2O2. The molecule has 0 aliphatic carbocycles. The molecule has 1 rings (SSSR count). The Bertz CT molecular complexity index is 348. The van der Waals surface area contributed by atoms with Gasteiger partial charge in [0.25, 0.3) is 0 Å². The minimum absolute atomic E-state index is 0.293. The van der Waals surface area contributed by atoms with E-state index < -0.39 is 12.2 Å². The first kappa shape index (κ1) is 13.1. The quantitative estimate of drug-likeness (QED) is 0.473. The van der Waals surface area contributed by atoms with Gasteiger partial charge in [-0.3, -0.25) is 0 Å². The van der Waals surface area contributed by atoms with Crippen LogP contribution < -0.4 is 11.5 Å². The highest BCUT2D eigenvalue weighted by molar-refractivity contribution is 6.17. The van der Waals surface area contributed by atoms with Gasteiger partial charge in [-0.05, 0) is 30.5 Å². The maximum atomic E-state index is 9.85. The largest absolute Gasteiger partial charge is 0.397 e. The van der Waals surface area contributed by atoms with E-state index in [1.807, 2.05) is 0 Å². The predicted molar refractivity (Wildman–Crippen MR) is 66.3 cm³/mol. The number of hydrogen-bond acceptors (Lipinski definition) is 4. The molecule has 5 heteroatoms. The van der Waals surface area contributed by atoms with E-state index in [-0.39, 0.29) is 0 Å². The Morgan fingerprint density at radius 3 is 2.44 bits per heavy atom. The molecule has 0 saturated carbocycles. The van der Waals surface area contributed by atoms with Crippen molar-refractivity contribution in [1.82, 2.24) is 0 Å². The Kier molecular flexibility index (Phi) is 4.41. The van der Waals surface area contributed by atoms with Gasteiger partial charge in [0.15, 0.2) is 0 Å². The molecule has 0 amide bonds. The van der Waals surface area contributed by atoms with Crippen molar-refractivity contribution in [3.8, 4) is 0 Å². The normalized spacial score (nSPS) is 14.8. The average Bonchev–Trinajstić information content (AvgIpc) is 2.24. The zero-order valence-electron chi connectivity index (χ0n) is 9.15. The molecule has 0 aliphatic heterocycles. The van der Waals surface area contributed by atoms with E-state index in [2.05, 4.69) is 0 Å². The van der Waals surface area contributed by atoms with Crippen molar-refractivity contribution in [2.45, 2.75) is 25.6 Å². The summed E-state index contributed by atoms with van der Waals surface area (Å²) in [5, 5.41) is 19.5. The molecule has 0 aromatic heterocycles. The lowest BCUT2D eigenvalue weighted by Crippen LogP contribution is -2.19. The van der Waals surface area contributed by atoms with Crippen LogP contribution in [0.25, 0.3) is 0 Å². The van der Waals surface area contributed by atoms with Crippen molar-refractivity contribution >= 4 is 23.0 Å². The van der Waals surface area contributed by atoms with E-state index in [9.17, 15) is 10.2 Å². The number of alkyl halides is 1. The zero-order valence-corrected chi connectivity index (χ0v) is 9.91. The van der Waals surface area contributed by atoms with Crippen LogP contribution in [-0.2, 0) is 0 Å². The topological polar surface area (TPSA) is 92.5 Å². The molecule has 0 bridgehead atoms. The molecule has 0 fully saturated rings. The van der Waals surface area contributed by atoms with Crippen LogP contribution in [0.5, 0.6) is 0 Å². The minimum atomic E-state index is -0.986. The van der Waals surface area contributed by atoms with Crippen LogP contribution in [0.4, 0.5) is 11.4 Å². The fourth-order valence-electron chi connectivity index (χ4n) is 1.52. The smallest absolute Gasteiger partial charge is 0.105 e. The Balaban J connectivity index is 2.96. The Labute approximate surface area is 99.8 Å². The number of hydrogen-bond donors (Lipinski definition) is 4. The minimum Gasteiger partial charge on any atom is -0.397 e. The summed E-state index contributed by atoms with van der Waals surface area (Å²) >= 11 is 5.50. The highest BCUT2D eigenvalue weighted by Gasteiger charge is 2.19.